The van der Waals surface area contributed by atoms with Crippen LogP contribution in [-0.2, 0) is 0 Å². The van der Waals surface area contributed by atoms with Crippen molar-refractivity contribution >= 4 is 0 Å². The summed E-state index contributed by atoms with van der Waals surface area (Å²) >= 11 is 0. The molecule has 2 aromatic carbocycles. The minimum Gasteiger partial charge on any atom is -0.412 e. The number of hydrogen-bond acceptors (Lipinski definition) is 6. The molecule has 2 aromatic heterocycles. The van der Waals surface area contributed by atoms with Crippen molar-refractivity contribution in [2.45, 2.75) is 0 Å². The minimum atomic E-state index is -2.45. The van der Waals surface area contributed by atoms with E-state index < -0.39 is 92.9 Å². The van der Waals surface area contributed by atoms with E-state index in [-0.39, 0.29) is 0 Å². The lowest BCUT2D eigenvalue weighted by molar-refractivity contribution is 0.377. The third-order valence-electron chi connectivity index (χ3n) is 3.88. The molecule has 2 heterocycles. The van der Waals surface area contributed by atoms with Crippen molar-refractivity contribution in [1.82, 2.24) is 20.4 Å². The van der Waals surface area contributed by atoms with Gasteiger partial charge in [0, 0.05) is 0 Å². The summed E-state index contributed by atoms with van der Waals surface area (Å²) in [5.41, 5.74) is -3.22. The SMILES string of the molecule is Fc1c(F)c(F)c(-c2nnc(-c3nnc(-c4c(F)c(F)c(F)c(F)c4F)o3)o2)c(F)c1F. The Balaban J connectivity index is 1.79. The Hall–Kier alpha value is -3.98. The summed E-state index contributed by atoms with van der Waals surface area (Å²) in [5, 5.41) is 12.4. The minimum absolute atomic E-state index is 0.952. The molecule has 32 heavy (non-hydrogen) atoms. The first-order valence-electron chi connectivity index (χ1n) is 7.75. The number of nitrogens with zero attached hydrogens (tertiary/aromatic N) is 4. The van der Waals surface area contributed by atoms with E-state index in [1.807, 2.05) is 0 Å². The zero-order chi connectivity index (χ0) is 23.5. The molecule has 0 saturated heterocycles. The standard InChI is InChI=1S/C16F10N4O2/c17-3-1(4(18)8(22)11(25)7(3)21)13-27-29-15(31-13)16-30-28-14(32-16)2-5(19)9(23)12(26)10(24)6(2)20. The molecule has 0 unspecified atom stereocenters. The van der Waals surface area contributed by atoms with Gasteiger partial charge in [-0.1, -0.05) is 0 Å². The van der Waals surface area contributed by atoms with E-state index in [9.17, 15) is 43.9 Å². The summed E-state index contributed by atoms with van der Waals surface area (Å²) in [6.07, 6.45) is 0. The van der Waals surface area contributed by atoms with Gasteiger partial charge in [-0.3, -0.25) is 0 Å². The highest BCUT2D eigenvalue weighted by Gasteiger charge is 2.32. The number of aromatic nitrogens is 4. The van der Waals surface area contributed by atoms with E-state index in [1.165, 1.54) is 0 Å². The molecule has 16 heteroatoms. The van der Waals surface area contributed by atoms with Gasteiger partial charge in [0.25, 0.3) is 11.8 Å². The second kappa shape index (κ2) is 7.31. The molecule has 0 aliphatic carbocycles. The summed E-state index contributed by atoms with van der Waals surface area (Å²) < 4.78 is 144. The smallest absolute Gasteiger partial charge is 0.306 e. The number of benzene rings is 2. The Kier molecular flexibility index (Phi) is 4.86. The van der Waals surface area contributed by atoms with Gasteiger partial charge >= 0.3 is 11.8 Å². The van der Waals surface area contributed by atoms with Gasteiger partial charge in [-0.05, 0) is 0 Å². The van der Waals surface area contributed by atoms with Crippen LogP contribution in [0, 0.1) is 58.2 Å². The molecule has 4 rings (SSSR count). The molecule has 0 atom stereocenters. The molecule has 0 fully saturated rings. The van der Waals surface area contributed by atoms with Crippen molar-refractivity contribution < 1.29 is 52.7 Å². The highest BCUT2D eigenvalue weighted by Crippen LogP contribution is 2.34. The lowest BCUT2D eigenvalue weighted by Gasteiger charge is -2.04. The van der Waals surface area contributed by atoms with Crippen LogP contribution >= 0.6 is 0 Å². The molecular formula is C16F10N4O2. The summed E-state index contributed by atoms with van der Waals surface area (Å²) in [5.74, 6) is -27.8. The van der Waals surface area contributed by atoms with E-state index in [4.69, 9.17) is 8.83 Å². The van der Waals surface area contributed by atoms with Gasteiger partial charge in [0.15, 0.2) is 46.5 Å². The summed E-state index contributed by atoms with van der Waals surface area (Å²) in [6.45, 7) is 0. The normalized spacial score (nSPS) is 11.4. The van der Waals surface area contributed by atoms with E-state index in [2.05, 4.69) is 20.4 Å². The van der Waals surface area contributed by atoms with Crippen LogP contribution in [0.25, 0.3) is 34.7 Å². The second-order valence-electron chi connectivity index (χ2n) is 5.71. The maximum atomic E-state index is 13.8. The van der Waals surface area contributed by atoms with Crippen LogP contribution in [-0.4, -0.2) is 20.4 Å². The number of rotatable bonds is 3. The highest BCUT2D eigenvalue weighted by atomic mass is 19.2. The lowest BCUT2D eigenvalue weighted by atomic mass is 10.1. The quantitative estimate of drug-likeness (QED) is 0.242. The van der Waals surface area contributed by atoms with Crippen molar-refractivity contribution in [2.75, 3.05) is 0 Å². The van der Waals surface area contributed by atoms with Crippen molar-refractivity contribution in [3.05, 3.63) is 58.2 Å². The lowest BCUT2D eigenvalue weighted by Crippen LogP contribution is -2.04. The van der Waals surface area contributed by atoms with Crippen molar-refractivity contribution in [3.63, 3.8) is 0 Å². The largest absolute Gasteiger partial charge is 0.412 e. The van der Waals surface area contributed by atoms with Gasteiger partial charge in [0.1, 0.15) is 11.1 Å². The molecule has 166 valence electrons. The number of hydrogen-bond donors (Lipinski definition) is 0. The van der Waals surface area contributed by atoms with Crippen LogP contribution in [0.15, 0.2) is 8.83 Å². The summed E-state index contributed by atoms with van der Waals surface area (Å²) in [4.78, 5) is 0. The average molecular weight is 470 g/mol. The van der Waals surface area contributed by atoms with E-state index in [1.54, 1.807) is 0 Å². The Bertz CT molecular complexity index is 1240. The van der Waals surface area contributed by atoms with Gasteiger partial charge in [-0.15, -0.1) is 20.4 Å². The molecular weight excluding hydrogens is 470 g/mol. The summed E-state index contributed by atoms with van der Waals surface area (Å²) in [7, 11) is 0. The van der Waals surface area contributed by atoms with Crippen LogP contribution < -0.4 is 0 Å². The van der Waals surface area contributed by atoms with Crippen LogP contribution in [0.1, 0.15) is 0 Å². The topological polar surface area (TPSA) is 77.8 Å². The summed E-state index contributed by atoms with van der Waals surface area (Å²) in [6, 6.07) is 0. The monoisotopic (exact) mass is 470 g/mol. The van der Waals surface area contributed by atoms with Crippen molar-refractivity contribution in [1.29, 1.82) is 0 Å². The molecule has 0 aliphatic rings. The Morgan fingerprint density at radius 1 is 0.312 bits per heavy atom. The maximum Gasteiger partial charge on any atom is 0.306 e. The van der Waals surface area contributed by atoms with Gasteiger partial charge in [-0.25, -0.2) is 43.9 Å². The van der Waals surface area contributed by atoms with Crippen LogP contribution in [0.5, 0.6) is 0 Å². The second-order valence-corrected chi connectivity index (χ2v) is 5.71. The molecule has 0 N–H and O–H groups in total. The third-order valence-corrected chi connectivity index (χ3v) is 3.88. The fraction of sp³-hybridized carbons (Fsp3) is 0. The molecule has 0 radical (unpaired) electrons. The van der Waals surface area contributed by atoms with Crippen LogP contribution in [0.3, 0.4) is 0 Å². The van der Waals surface area contributed by atoms with Crippen molar-refractivity contribution in [3.8, 4) is 34.7 Å². The molecule has 0 bridgehead atoms. The highest BCUT2D eigenvalue weighted by molar-refractivity contribution is 5.59. The van der Waals surface area contributed by atoms with Crippen LogP contribution in [0.4, 0.5) is 43.9 Å². The molecule has 0 aliphatic heterocycles. The first-order valence-corrected chi connectivity index (χ1v) is 7.75. The zero-order valence-electron chi connectivity index (χ0n) is 14.4. The first-order chi connectivity index (χ1) is 15.0. The van der Waals surface area contributed by atoms with Gasteiger partial charge < -0.3 is 8.83 Å². The van der Waals surface area contributed by atoms with E-state index in [0.717, 1.165) is 0 Å². The van der Waals surface area contributed by atoms with E-state index in [0.29, 0.717) is 0 Å². The first kappa shape index (κ1) is 21.3. The van der Waals surface area contributed by atoms with Crippen molar-refractivity contribution in [2.24, 2.45) is 0 Å². The molecule has 0 spiro atoms. The zero-order valence-corrected chi connectivity index (χ0v) is 14.4. The molecule has 0 amide bonds. The van der Waals surface area contributed by atoms with Crippen LogP contribution in [0.2, 0.25) is 0 Å². The Labute approximate surface area is 167 Å². The molecule has 0 saturated carbocycles. The predicted molar refractivity (Wildman–Crippen MR) is 78.0 cm³/mol. The Morgan fingerprint density at radius 2 is 0.531 bits per heavy atom. The fourth-order valence-electron chi connectivity index (χ4n) is 2.41. The fourth-order valence-corrected chi connectivity index (χ4v) is 2.41. The van der Waals surface area contributed by atoms with Gasteiger partial charge in [0.05, 0.1) is 0 Å². The van der Waals surface area contributed by atoms with E-state index >= 15 is 0 Å². The van der Waals surface area contributed by atoms with Gasteiger partial charge in [-0.2, -0.15) is 0 Å². The van der Waals surface area contributed by atoms with Gasteiger partial charge in [0.2, 0.25) is 11.6 Å². The maximum absolute atomic E-state index is 13.8. The third kappa shape index (κ3) is 2.97. The molecule has 4 aromatic rings. The number of halogens is 10. The Morgan fingerprint density at radius 3 is 0.812 bits per heavy atom. The predicted octanol–water partition coefficient (Wildman–Crippen LogP) is 4.84. The average Bonchev–Trinajstić information content (AvgIpc) is 3.44. The molecule has 6 nitrogen and oxygen atoms in total.